The van der Waals surface area contributed by atoms with E-state index < -0.39 is 5.97 Å². The molecule has 0 spiro atoms. The van der Waals surface area contributed by atoms with E-state index in [2.05, 4.69) is 10.1 Å². The summed E-state index contributed by atoms with van der Waals surface area (Å²) in [6.07, 6.45) is 2.41. The Balaban J connectivity index is 1.83. The van der Waals surface area contributed by atoms with E-state index in [9.17, 15) is 9.59 Å². The minimum absolute atomic E-state index is 0.0164. The van der Waals surface area contributed by atoms with Crippen LogP contribution in [0.2, 0.25) is 0 Å². The van der Waals surface area contributed by atoms with E-state index in [4.69, 9.17) is 10.5 Å². The Morgan fingerprint density at radius 3 is 2.75 bits per heavy atom. The molecule has 3 N–H and O–H groups in total. The molecule has 2 rings (SSSR count). The molecule has 1 aromatic carbocycles. The van der Waals surface area contributed by atoms with Gasteiger partial charge in [-0.05, 0) is 31.0 Å². The highest BCUT2D eigenvalue weighted by Crippen LogP contribution is 2.23. The van der Waals surface area contributed by atoms with Crippen LogP contribution in [-0.4, -0.2) is 31.6 Å². The van der Waals surface area contributed by atoms with Crippen molar-refractivity contribution in [3.8, 4) is 5.75 Å². The normalized spacial score (nSPS) is 13.7. The monoisotopic (exact) mass is 278 g/mol. The van der Waals surface area contributed by atoms with Gasteiger partial charge < -0.3 is 20.5 Å². The van der Waals surface area contributed by atoms with Crippen molar-refractivity contribution in [2.75, 3.05) is 19.5 Å². The topological polar surface area (TPSA) is 90.6 Å². The summed E-state index contributed by atoms with van der Waals surface area (Å²) in [6, 6.07) is 5.01. The van der Waals surface area contributed by atoms with Crippen LogP contribution in [0.5, 0.6) is 5.75 Å². The van der Waals surface area contributed by atoms with Gasteiger partial charge in [0.25, 0.3) is 0 Å². The van der Waals surface area contributed by atoms with Gasteiger partial charge in [-0.25, -0.2) is 4.79 Å². The molecule has 0 saturated heterocycles. The first kappa shape index (κ1) is 14.2. The number of ether oxygens (including phenoxy) is 2. The summed E-state index contributed by atoms with van der Waals surface area (Å²) in [5, 5.41) is 2.88. The van der Waals surface area contributed by atoms with Gasteiger partial charge in [0.2, 0.25) is 5.91 Å². The minimum Gasteiger partial charge on any atom is -0.491 e. The van der Waals surface area contributed by atoms with Gasteiger partial charge in [0.05, 0.1) is 31.4 Å². The summed E-state index contributed by atoms with van der Waals surface area (Å²) in [7, 11) is 1.31. The lowest BCUT2D eigenvalue weighted by molar-refractivity contribution is -0.121. The van der Waals surface area contributed by atoms with Crippen LogP contribution >= 0.6 is 0 Å². The highest BCUT2D eigenvalue weighted by atomic mass is 16.5. The average molecular weight is 278 g/mol. The molecule has 0 aliphatic heterocycles. The standard InChI is InChI=1S/C14H18N2O4/c1-19-14(18)9-2-5-12(11(15)8-9)20-7-6-13(17)16-10-3-4-10/h2,5,8,10H,3-4,6-7,15H2,1H3,(H,16,17). The van der Waals surface area contributed by atoms with Gasteiger partial charge in [-0.15, -0.1) is 0 Å². The molecule has 0 radical (unpaired) electrons. The van der Waals surface area contributed by atoms with Crippen LogP contribution < -0.4 is 15.8 Å². The Morgan fingerprint density at radius 2 is 2.15 bits per heavy atom. The molecule has 1 aliphatic rings. The van der Waals surface area contributed by atoms with Gasteiger partial charge in [-0.2, -0.15) is 0 Å². The molecule has 0 aromatic heterocycles. The summed E-state index contributed by atoms with van der Waals surface area (Å²) in [6.45, 7) is 0.250. The molecular weight excluding hydrogens is 260 g/mol. The second-order valence-corrected chi connectivity index (χ2v) is 4.68. The fourth-order valence-corrected chi connectivity index (χ4v) is 1.71. The summed E-state index contributed by atoms with van der Waals surface area (Å²) in [5.74, 6) is -0.0128. The zero-order valence-electron chi connectivity index (χ0n) is 11.3. The van der Waals surface area contributed by atoms with Crippen molar-refractivity contribution in [1.82, 2.24) is 5.32 Å². The summed E-state index contributed by atoms with van der Waals surface area (Å²) >= 11 is 0. The Bertz CT molecular complexity index is 512. The fraction of sp³-hybridized carbons (Fsp3) is 0.429. The van der Waals surface area contributed by atoms with Gasteiger partial charge in [-0.1, -0.05) is 0 Å². The molecule has 0 unspecified atom stereocenters. The maximum Gasteiger partial charge on any atom is 0.337 e. The maximum absolute atomic E-state index is 11.5. The number of carbonyl (C=O) groups is 2. The van der Waals surface area contributed by atoms with Crippen LogP contribution in [0.3, 0.4) is 0 Å². The number of rotatable bonds is 6. The van der Waals surface area contributed by atoms with Crippen LogP contribution in [0.15, 0.2) is 18.2 Å². The third-order valence-electron chi connectivity index (χ3n) is 2.96. The molecule has 6 nitrogen and oxygen atoms in total. The Morgan fingerprint density at radius 1 is 1.40 bits per heavy atom. The predicted octanol–water partition coefficient (Wildman–Crippen LogP) is 1.10. The van der Waals surface area contributed by atoms with Gasteiger partial charge >= 0.3 is 5.97 Å². The van der Waals surface area contributed by atoms with Crippen molar-refractivity contribution >= 4 is 17.6 Å². The molecule has 20 heavy (non-hydrogen) atoms. The summed E-state index contributed by atoms with van der Waals surface area (Å²) < 4.78 is 10.0. The van der Waals surface area contributed by atoms with E-state index in [0.29, 0.717) is 23.0 Å². The SMILES string of the molecule is COC(=O)c1ccc(OCCC(=O)NC2CC2)c(N)c1. The number of esters is 1. The number of anilines is 1. The first-order valence-electron chi connectivity index (χ1n) is 6.50. The molecule has 1 amide bonds. The van der Waals surface area contributed by atoms with Gasteiger partial charge in [0, 0.05) is 6.04 Å². The van der Waals surface area contributed by atoms with E-state index in [1.165, 1.54) is 13.2 Å². The number of carbonyl (C=O) groups excluding carboxylic acids is 2. The maximum atomic E-state index is 11.5. The average Bonchev–Trinajstić information content (AvgIpc) is 3.23. The molecule has 1 aromatic rings. The molecule has 0 heterocycles. The number of nitrogens with two attached hydrogens (primary N) is 1. The van der Waals surface area contributed by atoms with Crippen LogP contribution in [0.4, 0.5) is 5.69 Å². The molecule has 1 saturated carbocycles. The Kier molecular flexibility index (Phi) is 4.45. The molecule has 108 valence electrons. The molecule has 1 fully saturated rings. The zero-order valence-corrected chi connectivity index (χ0v) is 11.3. The summed E-state index contributed by atoms with van der Waals surface area (Å²) in [5.41, 5.74) is 6.50. The third kappa shape index (κ3) is 3.88. The van der Waals surface area contributed by atoms with Crippen LogP contribution in [0.1, 0.15) is 29.6 Å². The molecule has 0 atom stereocenters. The molecule has 6 heteroatoms. The zero-order chi connectivity index (χ0) is 14.5. The van der Waals surface area contributed by atoms with Crippen molar-refractivity contribution in [3.63, 3.8) is 0 Å². The molecule has 0 bridgehead atoms. The number of nitrogens with one attached hydrogen (secondary N) is 1. The van der Waals surface area contributed by atoms with Crippen LogP contribution in [0.25, 0.3) is 0 Å². The van der Waals surface area contributed by atoms with E-state index in [-0.39, 0.29) is 18.9 Å². The van der Waals surface area contributed by atoms with Gasteiger partial charge in [0.1, 0.15) is 5.75 Å². The predicted molar refractivity (Wildman–Crippen MR) is 73.5 cm³/mol. The Labute approximate surface area is 117 Å². The fourth-order valence-electron chi connectivity index (χ4n) is 1.71. The number of amides is 1. The van der Waals surface area contributed by atoms with E-state index in [0.717, 1.165) is 12.8 Å². The largest absolute Gasteiger partial charge is 0.491 e. The van der Waals surface area contributed by atoms with Crippen molar-refractivity contribution in [3.05, 3.63) is 23.8 Å². The lowest BCUT2D eigenvalue weighted by Gasteiger charge is -2.10. The lowest BCUT2D eigenvalue weighted by Crippen LogP contribution is -2.26. The smallest absolute Gasteiger partial charge is 0.337 e. The van der Waals surface area contributed by atoms with Crippen molar-refractivity contribution < 1.29 is 19.1 Å². The Hall–Kier alpha value is -2.24. The van der Waals surface area contributed by atoms with Crippen LogP contribution in [-0.2, 0) is 9.53 Å². The van der Waals surface area contributed by atoms with Gasteiger partial charge in [0.15, 0.2) is 0 Å². The minimum atomic E-state index is -0.452. The highest BCUT2D eigenvalue weighted by Gasteiger charge is 2.22. The quantitative estimate of drug-likeness (QED) is 0.600. The van der Waals surface area contributed by atoms with Gasteiger partial charge in [-0.3, -0.25) is 4.79 Å². The lowest BCUT2D eigenvalue weighted by atomic mass is 10.2. The van der Waals surface area contributed by atoms with Crippen molar-refractivity contribution in [2.45, 2.75) is 25.3 Å². The molecular formula is C14H18N2O4. The molecule has 1 aliphatic carbocycles. The van der Waals surface area contributed by atoms with E-state index in [1.54, 1.807) is 12.1 Å². The number of methoxy groups -OCH3 is 1. The van der Waals surface area contributed by atoms with Crippen LogP contribution in [0, 0.1) is 0 Å². The first-order chi connectivity index (χ1) is 9.60. The van der Waals surface area contributed by atoms with Crippen molar-refractivity contribution in [1.29, 1.82) is 0 Å². The second-order valence-electron chi connectivity index (χ2n) is 4.68. The highest BCUT2D eigenvalue weighted by molar-refractivity contribution is 5.90. The number of benzene rings is 1. The first-order valence-corrected chi connectivity index (χ1v) is 6.50. The van der Waals surface area contributed by atoms with E-state index in [1.807, 2.05) is 0 Å². The third-order valence-corrected chi connectivity index (χ3v) is 2.96. The second kappa shape index (κ2) is 6.27. The van der Waals surface area contributed by atoms with E-state index >= 15 is 0 Å². The summed E-state index contributed by atoms with van der Waals surface area (Å²) in [4.78, 5) is 22.8. The number of hydrogen-bond acceptors (Lipinski definition) is 5. The number of nitrogen functional groups attached to an aromatic ring is 1. The number of hydrogen-bond donors (Lipinski definition) is 2. The van der Waals surface area contributed by atoms with Crippen molar-refractivity contribution in [2.24, 2.45) is 0 Å².